The van der Waals surface area contributed by atoms with Gasteiger partial charge in [-0.1, -0.05) is 47.7 Å². The minimum absolute atomic E-state index is 0.236. The van der Waals surface area contributed by atoms with Crippen LogP contribution in [0.4, 0.5) is 0 Å². The first-order chi connectivity index (χ1) is 11.8. The van der Waals surface area contributed by atoms with Crippen molar-refractivity contribution in [3.63, 3.8) is 0 Å². The van der Waals surface area contributed by atoms with Crippen LogP contribution < -0.4 is 4.74 Å². The molecule has 4 rings (SSSR count). The fourth-order valence-electron chi connectivity index (χ4n) is 2.69. The summed E-state index contributed by atoms with van der Waals surface area (Å²) in [5, 5.41) is 10.3. The van der Waals surface area contributed by atoms with Crippen molar-refractivity contribution < 1.29 is 9.53 Å². The first-order valence-electron chi connectivity index (χ1n) is 7.77. The molecule has 4 aromatic rings. The molecule has 0 aliphatic rings. The maximum atomic E-state index is 12.1. The predicted molar refractivity (Wildman–Crippen MR) is 91.7 cm³/mol. The molecule has 0 saturated carbocycles. The van der Waals surface area contributed by atoms with Gasteiger partial charge in [-0.3, -0.25) is 4.79 Å². The van der Waals surface area contributed by atoms with E-state index in [0.717, 1.165) is 21.8 Å². The van der Waals surface area contributed by atoms with Gasteiger partial charge < -0.3 is 4.74 Å². The van der Waals surface area contributed by atoms with E-state index in [1.165, 1.54) is 0 Å². The van der Waals surface area contributed by atoms with Crippen LogP contribution >= 0.6 is 0 Å². The molecule has 0 fully saturated rings. The van der Waals surface area contributed by atoms with Crippen molar-refractivity contribution in [2.75, 3.05) is 0 Å². The molecule has 0 amide bonds. The quantitative estimate of drug-likeness (QED) is 0.426. The number of aromatic nitrogens is 3. The van der Waals surface area contributed by atoms with Crippen molar-refractivity contribution in [2.24, 2.45) is 0 Å². The zero-order valence-electron chi connectivity index (χ0n) is 12.9. The summed E-state index contributed by atoms with van der Waals surface area (Å²) >= 11 is 0. The lowest BCUT2D eigenvalue weighted by atomic mass is 10.1. The molecule has 1 heterocycles. The molecule has 5 nitrogen and oxygen atoms in total. The first kappa shape index (κ1) is 14.4. The molecule has 0 N–H and O–H groups in total. The van der Waals surface area contributed by atoms with Gasteiger partial charge in [-0.25, -0.2) is 4.68 Å². The Labute approximate surface area is 138 Å². The van der Waals surface area contributed by atoms with E-state index in [1.807, 2.05) is 66.7 Å². The number of carbonyl (C=O) groups excluding carboxylic acids is 1. The molecule has 0 radical (unpaired) electrons. The molecule has 0 aliphatic heterocycles. The molecule has 0 spiro atoms. The van der Waals surface area contributed by atoms with Gasteiger partial charge >= 0.3 is 5.97 Å². The minimum atomic E-state index is -0.287. The van der Waals surface area contributed by atoms with Gasteiger partial charge in [0.25, 0.3) is 0 Å². The number of benzene rings is 3. The van der Waals surface area contributed by atoms with Gasteiger partial charge in [-0.15, -0.1) is 5.10 Å². The molecule has 0 atom stereocenters. The van der Waals surface area contributed by atoms with Crippen LogP contribution in [0.5, 0.6) is 5.75 Å². The number of carbonyl (C=O) groups is 1. The van der Waals surface area contributed by atoms with E-state index in [2.05, 4.69) is 10.3 Å². The Bertz CT molecular complexity index is 1020. The number of hydrogen-bond donors (Lipinski definition) is 0. The highest BCUT2D eigenvalue weighted by Gasteiger charge is 2.09. The van der Waals surface area contributed by atoms with Crippen LogP contribution in [0.1, 0.15) is 6.42 Å². The lowest BCUT2D eigenvalue weighted by Crippen LogP contribution is -2.12. The van der Waals surface area contributed by atoms with Crippen LogP contribution in [0.2, 0.25) is 0 Å². The standard InChI is InChI=1S/C19H15N3O2/c23-19(11-12-22-18-8-4-3-7-17(18)20-21-22)24-16-10-9-14-5-1-2-6-15(14)13-16/h1-10,13H,11-12H2. The third-order valence-corrected chi connectivity index (χ3v) is 3.90. The minimum Gasteiger partial charge on any atom is -0.426 e. The van der Waals surface area contributed by atoms with Gasteiger partial charge in [-0.2, -0.15) is 0 Å². The van der Waals surface area contributed by atoms with Gasteiger partial charge in [0.2, 0.25) is 0 Å². The van der Waals surface area contributed by atoms with Gasteiger partial charge in [0.1, 0.15) is 11.3 Å². The molecular weight excluding hydrogens is 302 g/mol. The van der Waals surface area contributed by atoms with Crippen molar-refractivity contribution in [2.45, 2.75) is 13.0 Å². The maximum absolute atomic E-state index is 12.1. The fraction of sp³-hybridized carbons (Fsp3) is 0.105. The summed E-state index contributed by atoms with van der Waals surface area (Å²) in [6.07, 6.45) is 0.236. The predicted octanol–water partition coefficient (Wildman–Crippen LogP) is 3.58. The molecule has 0 saturated heterocycles. The SMILES string of the molecule is O=C(CCn1nnc2ccccc21)Oc1ccc2ccccc2c1. The highest BCUT2D eigenvalue weighted by molar-refractivity contribution is 5.84. The van der Waals surface area contributed by atoms with Crippen LogP contribution in [0, 0.1) is 0 Å². The van der Waals surface area contributed by atoms with E-state index in [9.17, 15) is 4.79 Å². The number of fused-ring (bicyclic) bond motifs is 2. The molecule has 24 heavy (non-hydrogen) atoms. The first-order valence-corrected chi connectivity index (χ1v) is 7.77. The van der Waals surface area contributed by atoms with E-state index < -0.39 is 0 Å². The Balaban J connectivity index is 1.44. The Morgan fingerprint density at radius 3 is 2.67 bits per heavy atom. The van der Waals surface area contributed by atoms with Crippen LogP contribution in [-0.4, -0.2) is 21.0 Å². The average Bonchev–Trinajstić information content (AvgIpc) is 3.03. The van der Waals surface area contributed by atoms with Crippen LogP contribution in [0.15, 0.2) is 66.7 Å². The third-order valence-electron chi connectivity index (χ3n) is 3.90. The lowest BCUT2D eigenvalue weighted by molar-refractivity contribution is -0.134. The Kier molecular flexibility index (Phi) is 3.67. The molecule has 5 heteroatoms. The van der Waals surface area contributed by atoms with Gasteiger partial charge in [0.15, 0.2) is 0 Å². The van der Waals surface area contributed by atoms with Crippen LogP contribution in [0.25, 0.3) is 21.8 Å². The topological polar surface area (TPSA) is 57.0 Å². The third kappa shape index (κ3) is 2.84. The summed E-state index contributed by atoms with van der Waals surface area (Å²) in [7, 11) is 0. The van der Waals surface area contributed by atoms with Gasteiger partial charge in [0, 0.05) is 0 Å². The Morgan fingerprint density at radius 1 is 0.958 bits per heavy atom. The summed E-state index contributed by atoms with van der Waals surface area (Å²) in [6.45, 7) is 0.437. The van der Waals surface area contributed by atoms with E-state index in [1.54, 1.807) is 4.68 Å². The summed E-state index contributed by atoms with van der Waals surface area (Å²) in [6, 6.07) is 21.3. The van der Waals surface area contributed by atoms with E-state index >= 15 is 0 Å². The zero-order chi connectivity index (χ0) is 16.4. The molecule has 0 unspecified atom stereocenters. The van der Waals surface area contributed by atoms with E-state index in [-0.39, 0.29) is 12.4 Å². The highest BCUT2D eigenvalue weighted by atomic mass is 16.5. The smallest absolute Gasteiger partial charge is 0.313 e. The number of nitrogens with zero attached hydrogens (tertiary/aromatic N) is 3. The molecule has 118 valence electrons. The Morgan fingerprint density at radius 2 is 1.75 bits per heavy atom. The molecule has 1 aromatic heterocycles. The monoisotopic (exact) mass is 317 g/mol. The average molecular weight is 317 g/mol. The number of esters is 1. The number of hydrogen-bond acceptors (Lipinski definition) is 4. The van der Waals surface area contributed by atoms with Crippen molar-refractivity contribution in [1.29, 1.82) is 0 Å². The van der Waals surface area contributed by atoms with Crippen molar-refractivity contribution >= 4 is 27.8 Å². The lowest BCUT2D eigenvalue weighted by Gasteiger charge is -2.06. The van der Waals surface area contributed by atoms with Crippen molar-refractivity contribution in [1.82, 2.24) is 15.0 Å². The normalized spacial score (nSPS) is 11.0. The van der Waals surface area contributed by atoms with Crippen molar-refractivity contribution in [3.05, 3.63) is 66.7 Å². The van der Waals surface area contributed by atoms with E-state index in [0.29, 0.717) is 12.3 Å². The summed E-state index contributed by atoms with van der Waals surface area (Å²) in [4.78, 5) is 12.1. The molecular formula is C19H15N3O2. The van der Waals surface area contributed by atoms with E-state index in [4.69, 9.17) is 4.74 Å². The number of aryl methyl sites for hydroxylation is 1. The van der Waals surface area contributed by atoms with Crippen molar-refractivity contribution in [3.8, 4) is 5.75 Å². The largest absolute Gasteiger partial charge is 0.426 e. The fourth-order valence-corrected chi connectivity index (χ4v) is 2.69. The summed E-state index contributed by atoms with van der Waals surface area (Å²) in [5.74, 6) is 0.270. The second-order valence-electron chi connectivity index (χ2n) is 5.53. The Hall–Kier alpha value is -3.21. The number of ether oxygens (including phenoxy) is 1. The highest BCUT2D eigenvalue weighted by Crippen LogP contribution is 2.21. The van der Waals surface area contributed by atoms with Gasteiger partial charge in [-0.05, 0) is 35.0 Å². The molecule has 0 bridgehead atoms. The van der Waals surface area contributed by atoms with Crippen LogP contribution in [-0.2, 0) is 11.3 Å². The second kappa shape index (κ2) is 6.12. The molecule has 3 aromatic carbocycles. The number of rotatable bonds is 4. The number of para-hydroxylation sites is 1. The summed E-state index contributed by atoms with van der Waals surface area (Å²) in [5.41, 5.74) is 1.73. The van der Waals surface area contributed by atoms with Crippen LogP contribution in [0.3, 0.4) is 0 Å². The molecule has 0 aliphatic carbocycles. The zero-order valence-corrected chi connectivity index (χ0v) is 12.9. The van der Waals surface area contributed by atoms with Gasteiger partial charge in [0.05, 0.1) is 18.5 Å². The maximum Gasteiger partial charge on any atom is 0.313 e. The summed E-state index contributed by atoms with van der Waals surface area (Å²) < 4.78 is 7.15. The second-order valence-corrected chi connectivity index (χ2v) is 5.53.